The van der Waals surface area contributed by atoms with Gasteiger partial charge in [0.25, 0.3) is 0 Å². The van der Waals surface area contributed by atoms with Crippen molar-refractivity contribution in [2.45, 2.75) is 25.9 Å². The van der Waals surface area contributed by atoms with Gasteiger partial charge in [0, 0.05) is 37.4 Å². The summed E-state index contributed by atoms with van der Waals surface area (Å²) in [4.78, 5) is 2.23. The number of hydrogen-bond donors (Lipinski definition) is 1. The Morgan fingerprint density at radius 3 is 2.64 bits per heavy atom. The summed E-state index contributed by atoms with van der Waals surface area (Å²) in [6.45, 7) is 5.19. The van der Waals surface area contributed by atoms with Gasteiger partial charge < -0.3 is 10.6 Å². The normalized spacial score (nSPS) is 13.9. The lowest BCUT2D eigenvalue weighted by molar-refractivity contribution is 0.257. The van der Waals surface area contributed by atoms with E-state index in [-0.39, 0.29) is 6.04 Å². The van der Waals surface area contributed by atoms with E-state index in [1.54, 1.807) is 4.68 Å². The summed E-state index contributed by atoms with van der Waals surface area (Å²) in [5, 5.41) is 4.11. The maximum Gasteiger partial charge on any atom is 0.0537 e. The number of hydrogen-bond acceptors (Lipinski definition) is 3. The lowest BCUT2D eigenvalue weighted by Gasteiger charge is -2.24. The number of rotatable bonds is 4. The van der Waals surface area contributed by atoms with Crippen LogP contribution in [0.15, 0.2) is 12.4 Å². The predicted octanol–water partition coefficient (Wildman–Crippen LogP) is 0.760. The molecular formula is C10H20N4. The molecule has 4 nitrogen and oxygen atoms in total. The van der Waals surface area contributed by atoms with Crippen LogP contribution in [0.1, 0.15) is 25.5 Å². The van der Waals surface area contributed by atoms with Crippen LogP contribution in [0, 0.1) is 0 Å². The topological polar surface area (TPSA) is 47.1 Å². The molecule has 1 aromatic heterocycles. The first-order valence-electron chi connectivity index (χ1n) is 4.95. The van der Waals surface area contributed by atoms with Crippen LogP contribution in [0.3, 0.4) is 0 Å². The summed E-state index contributed by atoms with van der Waals surface area (Å²) in [6.07, 6.45) is 3.80. The minimum Gasteiger partial charge on any atom is -0.323 e. The van der Waals surface area contributed by atoms with E-state index in [1.807, 2.05) is 19.4 Å². The fraction of sp³-hybridized carbons (Fsp3) is 0.700. The minimum absolute atomic E-state index is 0.0519. The molecule has 0 bridgehead atoms. The molecular weight excluding hydrogens is 176 g/mol. The molecule has 0 saturated carbocycles. The summed E-state index contributed by atoms with van der Waals surface area (Å²) in [5.74, 6) is 0. The van der Waals surface area contributed by atoms with Crippen molar-refractivity contribution < 1.29 is 0 Å². The average Bonchev–Trinajstić information content (AvgIpc) is 2.51. The van der Waals surface area contributed by atoms with Crippen molar-refractivity contribution >= 4 is 0 Å². The highest BCUT2D eigenvalue weighted by atomic mass is 15.2. The molecule has 1 heterocycles. The molecule has 0 aromatic carbocycles. The van der Waals surface area contributed by atoms with Gasteiger partial charge in [-0.05, 0) is 20.9 Å². The second-order valence-electron chi connectivity index (χ2n) is 4.09. The van der Waals surface area contributed by atoms with E-state index in [9.17, 15) is 0 Å². The van der Waals surface area contributed by atoms with Crippen LogP contribution in [0.4, 0.5) is 0 Å². The van der Waals surface area contributed by atoms with Gasteiger partial charge in [-0.2, -0.15) is 5.10 Å². The van der Waals surface area contributed by atoms with Gasteiger partial charge in [-0.25, -0.2) is 0 Å². The molecule has 1 unspecified atom stereocenters. The van der Waals surface area contributed by atoms with Crippen molar-refractivity contribution in [2.75, 3.05) is 13.6 Å². The summed E-state index contributed by atoms with van der Waals surface area (Å²) in [5.41, 5.74) is 7.15. The number of nitrogens with zero attached hydrogens (tertiary/aromatic N) is 3. The van der Waals surface area contributed by atoms with Crippen molar-refractivity contribution in [1.82, 2.24) is 14.7 Å². The van der Waals surface area contributed by atoms with Crippen molar-refractivity contribution in [3.63, 3.8) is 0 Å². The molecule has 1 aromatic rings. The number of nitrogens with two attached hydrogens (primary N) is 1. The Morgan fingerprint density at radius 1 is 1.57 bits per heavy atom. The van der Waals surface area contributed by atoms with Gasteiger partial charge in [0.2, 0.25) is 0 Å². The van der Waals surface area contributed by atoms with Gasteiger partial charge in [-0.3, -0.25) is 4.68 Å². The molecule has 1 rings (SSSR count). The van der Waals surface area contributed by atoms with E-state index in [0.717, 1.165) is 12.1 Å². The van der Waals surface area contributed by atoms with Gasteiger partial charge in [-0.1, -0.05) is 0 Å². The molecule has 0 aliphatic heterocycles. The second kappa shape index (κ2) is 4.57. The second-order valence-corrected chi connectivity index (χ2v) is 4.09. The fourth-order valence-electron chi connectivity index (χ4n) is 1.26. The van der Waals surface area contributed by atoms with E-state index in [2.05, 4.69) is 30.9 Å². The van der Waals surface area contributed by atoms with E-state index < -0.39 is 0 Å². The van der Waals surface area contributed by atoms with E-state index in [4.69, 9.17) is 5.73 Å². The Kier molecular flexibility index (Phi) is 3.66. The molecule has 1 atom stereocenters. The molecule has 0 aliphatic carbocycles. The van der Waals surface area contributed by atoms with Crippen LogP contribution >= 0.6 is 0 Å². The summed E-state index contributed by atoms with van der Waals surface area (Å²) >= 11 is 0. The quantitative estimate of drug-likeness (QED) is 0.773. The predicted molar refractivity (Wildman–Crippen MR) is 57.9 cm³/mol. The molecule has 4 heteroatoms. The van der Waals surface area contributed by atoms with Crippen LogP contribution in [0.25, 0.3) is 0 Å². The summed E-state index contributed by atoms with van der Waals surface area (Å²) < 4.78 is 1.78. The number of aryl methyl sites for hydroxylation is 1. The van der Waals surface area contributed by atoms with Gasteiger partial charge in [-0.15, -0.1) is 0 Å². The minimum atomic E-state index is 0.0519. The first-order chi connectivity index (χ1) is 6.50. The van der Waals surface area contributed by atoms with Crippen molar-refractivity contribution in [1.29, 1.82) is 0 Å². The Bertz CT molecular complexity index is 279. The maximum atomic E-state index is 6.05. The molecule has 0 spiro atoms. The molecule has 2 N–H and O–H groups in total. The van der Waals surface area contributed by atoms with Gasteiger partial charge in [0.1, 0.15) is 0 Å². The number of aromatic nitrogens is 2. The summed E-state index contributed by atoms with van der Waals surface area (Å²) in [7, 11) is 3.99. The summed E-state index contributed by atoms with van der Waals surface area (Å²) in [6, 6.07) is 0.578. The van der Waals surface area contributed by atoms with Crippen molar-refractivity contribution in [3.8, 4) is 0 Å². The van der Waals surface area contributed by atoms with Crippen LogP contribution in [-0.4, -0.2) is 34.3 Å². The third kappa shape index (κ3) is 2.82. The van der Waals surface area contributed by atoms with Crippen molar-refractivity contribution in [2.24, 2.45) is 12.8 Å². The maximum absolute atomic E-state index is 6.05. The smallest absolute Gasteiger partial charge is 0.0537 e. The van der Waals surface area contributed by atoms with E-state index in [0.29, 0.717) is 6.04 Å². The van der Waals surface area contributed by atoms with Crippen LogP contribution in [0.5, 0.6) is 0 Å². The van der Waals surface area contributed by atoms with Gasteiger partial charge in [0.05, 0.1) is 6.20 Å². The van der Waals surface area contributed by atoms with Gasteiger partial charge >= 0.3 is 0 Å². The average molecular weight is 196 g/mol. The Balaban J connectivity index is 2.54. The van der Waals surface area contributed by atoms with Crippen molar-refractivity contribution in [3.05, 3.63) is 18.0 Å². The SMILES string of the molecule is CC(C)N(C)CC(N)c1cnn(C)c1. The Hall–Kier alpha value is -0.870. The molecule has 0 fully saturated rings. The fourth-order valence-corrected chi connectivity index (χ4v) is 1.26. The zero-order valence-electron chi connectivity index (χ0n) is 9.44. The third-order valence-electron chi connectivity index (χ3n) is 2.52. The molecule has 0 saturated heterocycles. The van der Waals surface area contributed by atoms with Crippen LogP contribution in [-0.2, 0) is 7.05 Å². The lowest BCUT2D eigenvalue weighted by atomic mass is 10.1. The monoisotopic (exact) mass is 196 g/mol. The zero-order chi connectivity index (χ0) is 10.7. The van der Waals surface area contributed by atoms with E-state index >= 15 is 0 Å². The first kappa shape index (κ1) is 11.2. The zero-order valence-corrected chi connectivity index (χ0v) is 9.44. The Morgan fingerprint density at radius 2 is 2.21 bits per heavy atom. The molecule has 0 amide bonds. The largest absolute Gasteiger partial charge is 0.323 e. The number of likely N-dealkylation sites (N-methyl/N-ethyl adjacent to an activating group) is 1. The molecule has 0 radical (unpaired) electrons. The van der Waals surface area contributed by atoms with Crippen LogP contribution < -0.4 is 5.73 Å². The first-order valence-corrected chi connectivity index (χ1v) is 4.95. The Labute approximate surface area is 85.7 Å². The standard InChI is InChI=1S/C10H20N4/c1-8(2)13(3)7-10(11)9-5-12-14(4)6-9/h5-6,8,10H,7,11H2,1-4H3. The lowest BCUT2D eigenvalue weighted by Crippen LogP contribution is -2.33. The van der Waals surface area contributed by atoms with Crippen LogP contribution in [0.2, 0.25) is 0 Å². The highest BCUT2D eigenvalue weighted by molar-refractivity contribution is 5.09. The van der Waals surface area contributed by atoms with Gasteiger partial charge in [0.15, 0.2) is 0 Å². The highest BCUT2D eigenvalue weighted by Crippen LogP contribution is 2.10. The van der Waals surface area contributed by atoms with E-state index in [1.165, 1.54) is 0 Å². The highest BCUT2D eigenvalue weighted by Gasteiger charge is 2.12. The molecule has 80 valence electrons. The third-order valence-corrected chi connectivity index (χ3v) is 2.52. The molecule has 14 heavy (non-hydrogen) atoms. The molecule has 0 aliphatic rings.